The predicted molar refractivity (Wildman–Crippen MR) is 63.8 cm³/mol. The van der Waals surface area contributed by atoms with Crippen molar-refractivity contribution in [3.8, 4) is 5.69 Å². The third-order valence-corrected chi connectivity index (χ3v) is 2.07. The number of hydrogen-bond donors (Lipinski definition) is 1. The highest BCUT2D eigenvalue weighted by atomic mass is 35.5. The standard InChI is InChI=1S/C10H13N5.ClH/c1-2-11-8-10-12-13-14-15(10)9-6-4-3-5-7-9;/h3-7,11H,2,8H2,1H3;1H. The molecule has 1 aromatic carbocycles. The van der Waals surface area contributed by atoms with Crippen LogP contribution >= 0.6 is 12.4 Å². The first-order chi connectivity index (χ1) is 7.42. The number of nitrogens with zero attached hydrogens (tertiary/aromatic N) is 4. The van der Waals surface area contributed by atoms with Crippen molar-refractivity contribution in [2.45, 2.75) is 13.5 Å². The molecule has 0 radical (unpaired) electrons. The number of tetrazole rings is 1. The zero-order chi connectivity index (χ0) is 10.5. The molecule has 2 aromatic rings. The average molecular weight is 240 g/mol. The second-order valence-corrected chi connectivity index (χ2v) is 3.12. The molecule has 0 aliphatic heterocycles. The van der Waals surface area contributed by atoms with Crippen LogP contribution in [-0.2, 0) is 6.54 Å². The topological polar surface area (TPSA) is 55.6 Å². The fourth-order valence-electron chi connectivity index (χ4n) is 1.32. The summed E-state index contributed by atoms with van der Waals surface area (Å²) in [5, 5.41) is 14.8. The summed E-state index contributed by atoms with van der Waals surface area (Å²) in [4.78, 5) is 0. The number of nitrogens with one attached hydrogen (secondary N) is 1. The summed E-state index contributed by atoms with van der Waals surface area (Å²) >= 11 is 0. The van der Waals surface area contributed by atoms with Crippen LogP contribution in [0.5, 0.6) is 0 Å². The largest absolute Gasteiger partial charge is 0.310 e. The summed E-state index contributed by atoms with van der Waals surface area (Å²) in [7, 11) is 0. The highest BCUT2D eigenvalue weighted by molar-refractivity contribution is 5.85. The van der Waals surface area contributed by atoms with E-state index >= 15 is 0 Å². The lowest BCUT2D eigenvalue weighted by Gasteiger charge is -2.03. The zero-order valence-corrected chi connectivity index (χ0v) is 9.81. The van der Waals surface area contributed by atoms with Gasteiger partial charge in [0.1, 0.15) is 0 Å². The van der Waals surface area contributed by atoms with Crippen molar-refractivity contribution in [2.24, 2.45) is 0 Å². The molecule has 0 aliphatic rings. The van der Waals surface area contributed by atoms with Crippen molar-refractivity contribution in [1.29, 1.82) is 0 Å². The van der Waals surface area contributed by atoms with E-state index in [1.165, 1.54) is 0 Å². The summed E-state index contributed by atoms with van der Waals surface area (Å²) in [6.07, 6.45) is 0. The van der Waals surface area contributed by atoms with Gasteiger partial charge in [-0.2, -0.15) is 4.68 Å². The minimum atomic E-state index is 0. The normalized spacial score (nSPS) is 9.81. The van der Waals surface area contributed by atoms with Crippen molar-refractivity contribution in [3.63, 3.8) is 0 Å². The Morgan fingerprint density at radius 2 is 2.00 bits per heavy atom. The Balaban J connectivity index is 0.00000128. The van der Waals surface area contributed by atoms with E-state index in [9.17, 15) is 0 Å². The first-order valence-electron chi connectivity index (χ1n) is 4.95. The van der Waals surface area contributed by atoms with Crippen molar-refractivity contribution in [1.82, 2.24) is 25.5 Å². The molecule has 0 unspecified atom stereocenters. The van der Waals surface area contributed by atoms with E-state index < -0.39 is 0 Å². The molecule has 0 fully saturated rings. The fourth-order valence-corrected chi connectivity index (χ4v) is 1.32. The molecule has 0 spiro atoms. The van der Waals surface area contributed by atoms with Gasteiger partial charge in [0.25, 0.3) is 0 Å². The van der Waals surface area contributed by atoms with Crippen LogP contribution < -0.4 is 5.32 Å². The molecular formula is C10H14ClN5. The van der Waals surface area contributed by atoms with Crippen LogP contribution in [0, 0.1) is 0 Å². The maximum atomic E-state index is 3.97. The molecule has 1 N–H and O–H groups in total. The molecule has 16 heavy (non-hydrogen) atoms. The smallest absolute Gasteiger partial charge is 0.170 e. The van der Waals surface area contributed by atoms with E-state index in [0.717, 1.165) is 18.1 Å². The second kappa shape index (κ2) is 6.19. The van der Waals surface area contributed by atoms with Crippen molar-refractivity contribution >= 4 is 12.4 Å². The quantitative estimate of drug-likeness (QED) is 0.871. The molecule has 2 rings (SSSR count). The van der Waals surface area contributed by atoms with Crippen LogP contribution in [0.3, 0.4) is 0 Å². The lowest BCUT2D eigenvalue weighted by Crippen LogP contribution is -2.16. The van der Waals surface area contributed by atoms with E-state index in [1.807, 2.05) is 30.3 Å². The molecule has 0 bridgehead atoms. The Morgan fingerprint density at radius 1 is 1.25 bits per heavy atom. The molecule has 5 nitrogen and oxygen atoms in total. The third-order valence-electron chi connectivity index (χ3n) is 2.07. The average Bonchev–Trinajstić information content (AvgIpc) is 2.75. The van der Waals surface area contributed by atoms with Gasteiger partial charge in [-0.1, -0.05) is 25.1 Å². The molecule has 0 saturated heterocycles. The molecule has 0 atom stereocenters. The first kappa shape index (κ1) is 12.6. The van der Waals surface area contributed by atoms with Gasteiger partial charge in [-0.25, -0.2) is 0 Å². The number of para-hydroxylation sites is 1. The molecule has 0 saturated carbocycles. The Bertz CT molecular complexity index is 414. The maximum absolute atomic E-state index is 3.97. The van der Waals surface area contributed by atoms with Gasteiger partial charge >= 0.3 is 0 Å². The summed E-state index contributed by atoms with van der Waals surface area (Å²) in [5.74, 6) is 0.822. The SMILES string of the molecule is CCNCc1nnnn1-c1ccccc1.Cl. The summed E-state index contributed by atoms with van der Waals surface area (Å²) in [6.45, 7) is 3.64. The molecule has 1 heterocycles. The van der Waals surface area contributed by atoms with E-state index in [0.29, 0.717) is 6.54 Å². The maximum Gasteiger partial charge on any atom is 0.170 e. The van der Waals surface area contributed by atoms with E-state index in [2.05, 4.69) is 27.8 Å². The minimum absolute atomic E-state index is 0. The third kappa shape index (κ3) is 2.77. The van der Waals surface area contributed by atoms with Gasteiger partial charge < -0.3 is 5.32 Å². The van der Waals surface area contributed by atoms with Crippen molar-refractivity contribution in [3.05, 3.63) is 36.2 Å². The predicted octanol–water partition coefficient (Wildman–Crippen LogP) is 1.19. The van der Waals surface area contributed by atoms with E-state index in [-0.39, 0.29) is 12.4 Å². The van der Waals surface area contributed by atoms with Gasteiger partial charge in [0, 0.05) is 0 Å². The van der Waals surface area contributed by atoms with E-state index in [4.69, 9.17) is 0 Å². The Kier molecular flexibility index (Phi) is 4.88. The molecule has 6 heteroatoms. The second-order valence-electron chi connectivity index (χ2n) is 3.12. The molecule has 1 aromatic heterocycles. The van der Waals surface area contributed by atoms with Gasteiger partial charge in [0.15, 0.2) is 5.82 Å². The molecule has 0 aliphatic carbocycles. The number of hydrogen-bond acceptors (Lipinski definition) is 4. The van der Waals surface area contributed by atoms with Crippen LogP contribution in [0.15, 0.2) is 30.3 Å². The summed E-state index contributed by atoms with van der Waals surface area (Å²) < 4.78 is 1.74. The highest BCUT2D eigenvalue weighted by Gasteiger charge is 2.05. The van der Waals surface area contributed by atoms with Crippen molar-refractivity contribution in [2.75, 3.05) is 6.54 Å². The first-order valence-corrected chi connectivity index (χ1v) is 4.95. The van der Waals surface area contributed by atoms with Crippen LogP contribution in [-0.4, -0.2) is 26.8 Å². The van der Waals surface area contributed by atoms with Gasteiger partial charge in [0.2, 0.25) is 0 Å². The van der Waals surface area contributed by atoms with Crippen LogP contribution in [0.1, 0.15) is 12.7 Å². The lowest BCUT2D eigenvalue weighted by molar-refractivity contribution is 0.664. The molecule has 86 valence electrons. The molecule has 0 amide bonds. The number of benzene rings is 1. The Labute approximate surface area is 100 Å². The monoisotopic (exact) mass is 239 g/mol. The zero-order valence-electron chi connectivity index (χ0n) is 9.00. The van der Waals surface area contributed by atoms with Gasteiger partial charge in [-0.3, -0.25) is 0 Å². The summed E-state index contributed by atoms with van der Waals surface area (Å²) in [6, 6.07) is 9.86. The highest BCUT2D eigenvalue weighted by Crippen LogP contribution is 2.06. The van der Waals surface area contributed by atoms with Crippen molar-refractivity contribution < 1.29 is 0 Å². The van der Waals surface area contributed by atoms with Crippen LogP contribution in [0.4, 0.5) is 0 Å². The lowest BCUT2D eigenvalue weighted by atomic mass is 10.3. The van der Waals surface area contributed by atoms with Crippen LogP contribution in [0.2, 0.25) is 0 Å². The minimum Gasteiger partial charge on any atom is -0.310 e. The van der Waals surface area contributed by atoms with Gasteiger partial charge in [-0.15, -0.1) is 17.5 Å². The number of aromatic nitrogens is 4. The molecular weight excluding hydrogens is 226 g/mol. The van der Waals surface area contributed by atoms with Crippen LogP contribution in [0.25, 0.3) is 5.69 Å². The van der Waals surface area contributed by atoms with E-state index in [1.54, 1.807) is 4.68 Å². The Morgan fingerprint density at radius 3 is 2.69 bits per heavy atom. The number of rotatable bonds is 4. The summed E-state index contributed by atoms with van der Waals surface area (Å²) in [5.41, 5.74) is 0.982. The van der Waals surface area contributed by atoms with Gasteiger partial charge in [0.05, 0.1) is 12.2 Å². The fraction of sp³-hybridized carbons (Fsp3) is 0.300. The number of halogens is 1. The Hall–Kier alpha value is -1.46. The van der Waals surface area contributed by atoms with Gasteiger partial charge in [-0.05, 0) is 29.1 Å².